The number of anilines is 2. The molecule has 2 N–H and O–H groups in total. The molecule has 0 radical (unpaired) electrons. The molecule has 4 aromatic rings. The molecule has 0 aliphatic carbocycles. The van der Waals surface area contributed by atoms with E-state index in [1.54, 1.807) is 11.8 Å². The molecule has 0 amide bonds. The Morgan fingerprint density at radius 3 is 2.74 bits per heavy atom. The predicted molar refractivity (Wildman–Crippen MR) is 113 cm³/mol. The van der Waals surface area contributed by atoms with Gasteiger partial charge in [-0.1, -0.05) is 17.2 Å². The molecular formula is C21H19N7O3. The number of rotatable bonds is 5. The second-order valence-corrected chi connectivity index (χ2v) is 6.90. The number of nitrogens with one attached hydrogen (secondary N) is 2. The number of fused-ring (bicyclic) bond motifs is 2. The average molecular weight is 417 g/mol. The van der Waals surface area contributed by atoms with Gasteiger partial charge in [0.25, 0.3) is 5.56 Å². The van der Waals surface area contributed by atoms with E-state index in [0.29, 0.717) is 35.2 Å². The minimum atomic E-state index is -0.479. The molecule has 2 aromatic carbocycles. The van der Waals surface area contributed by atoms with Crippen molar-refractivity contribution in [1.29, 1.82) is 0 Å². The number of hydrogen-bond acceptors (Lipinski definition) is 8. The Kier molecular flexibility index (Phi) is 4.58. The highest BCUT2D eigenvalue weighted by molar-refractivity contribution is 5.75. The molecule has 0 bridgehead atoms. The van der Waals surface area contributed by atoms with E-state index in [1.807, 2.05) is 55.5 Å². The monoisotopic (exact) mass is 417 g/mol. The first kappa shape index (κ1) is 18.8. The van der Waals surface area contributed by atoms with Gasteiger partial charge in [0.1, 0.15) is 23.2 Å². The molecule has 0 saturated carbocycles. The van der Waals surface area contributed by atoms with Crippen molar-refractivity contribution in [3.05, 3.63) is 70.0 Å². The zero-order valence-electron chi connectivity index (χ0n) is 16.9. The second-order valence-electron chi connectivity index (χ2n) is 6.90. The van der Waals surface area contributed by atoms with Crippen LogP contribution in [-0.2, 0) is 0 Å². The van der Waals surface area contributed by atoms with Crippen molar-refractivity contribution in [3.63, 3.8) is 0 Å². The van der Waals surface area contributed by atoms with E-state index in [-0.39, 0.29) is 5.56 Å². The fraction of sp³-hybridized carbons (Fsp3) is 0.190. The first-order valence-electron chi connectivity index (χ1n) is 9.74. The Balaban J connectivity index is 1.74. The van der Waals surface area contributed by atoms with Crippen LogP contribution in [0.4, 0.5) is 11.6 Å². The van der Waals surface area contributed by atoms with Gasteiger partial charge in [-0.25, -0.2) is 5.10 Å². The maximum absolute atomic E-state index is 12.7. The molecule has 10 heteroatoms. The van der Waals surface area contributed by atoms with Gasteiger partial charge in [-0.15, -0.1) is 0 Å². The molecule has 31 heavy (non-hydrogen) atoms. The number of aromatic amines is 1. The van der Waals surface area contributed by atoms with Crippen LogP contribution in [0.2, 0.25) is 0 Å². The summed E-state index contributed by atoms with van der Waals surface area (Å²) in [6.45, 7) is 2.51. The van der Waals surface area contributed by atoms with Gasteiger partial charge in [-0.3, -0.25) is 4.79 Å². The fourth-order valence-electron chi connectivity index (χ4n) is 3.75. The Bertz CT molecular complexity index is 1300. The standard InChI is InChI=1S/C21H19N7O3/c1-3-31-14-9-7-12(8-10-14)17-16-18(20(29)24-23-17)22-21-25-26-27-28(21)19(16)13-5-4-6-15(11-13)30-2/h4-11,19H,3H2,1-2H3,(H,24,29)(H,22,25,27)/t19-/m0/s1. The summed E-state index contributed by atoms with van der Waals surface area (Å²) in [6, 6.07) is 14.7. The van der Waals surface area contributed by atoms with E-state index in [0.717, 1.165) is 16.9 Å². The highest BCUT2D eigenvalue weighted by Gasteiger charge is 2.34. The summed E-state index contributed by atoms with van der Waals surface area (Å²) < 4.78 is 12.6. The first-order valence-corrected chi connectivity index (χ1v) is 9.74. The Morgan fingerprint density at radius 2 is 1.97 bits per heavy atom. The lowest BCUT2D eigenvalue weighted by atomic mass is 9.92. The third kappa shape index (κ3) is 3.18. The number of methoxy groups -OCH3 is 1. The summed E-state index contributed by atoms with van der Waals surface area (Å²) in [6.07, 6.45) is 0. The predicted octanol–water partition coefficient (Wildman–Crippen LogP) is 2.53. The van der Waals surface area contributed by atoms with Crippen LogP contribution in [-0.4, -0.2) is 44.1 Å². The molecule has 0 saturated heterocycles. The van der Waals surface area contributed by atoms with E-state index < -0.39 is 6.04 Å². The number of nitrogens with zero attached hydrogens (tertiary/aromatic N) is 5. The fourth-order valence-corrected chi connectivity index (χ4v) is 3.75. The number of ether oxygens (including phenoxy) is 2. The smallest absolute Gasteiger partial charge is 0.288 e. The lowest BCUT2D eigenvalue weighted by Crippen LogP contribution is -2.29. The zero-order chi connectivity index (χ0) is 21.4. The quantitative estimate of drug-likeness (QED) is 0.448. The van der Waals surface area contributed by atoms with Gasteiger partial charge in [0.05, 0.1) is 19.4 Å². The Hall–Kier alpha value is -4.21. The van der Waals surface area contributed by atoms with Gasteiger partial charge < -0.3 is 14.8 Å². The van der Waals surface area contributed by atoms with E-state index in [4.69, 9.17) is 9.47 Å². The van der Waals surface area contributed by atoms with E-state index in [9.17, 15) is 4.79 Å². The van der Waals surface area contributed by atoms with Crippen LogP contribution >= 0.6 is 0 Å². The number of tetrazole rings is 1. The van der Waals surface area contributed by atoms with Crippen molar-refractivity contribution >= 4 is 11.6 Å². The average Bonchev–Trinajstić information content (AvgIpc) is 3.27. The van der Waals surface area contributed by atoms with Gasteiger partial charge in [-0.2, -0.15) is 9.78 Å². The second kappa shape index (κ2) is 7.56. The van der Waals surface area contributed by atoms with Gasteiger partial charge in [0.15, 0.2) is 0 Å². The molecule has 1 aliphatic rings. The normalized spacial score (nSPS) is 14.3. The van der Waals surface area contributed by atoms with Crippen molar-refractivity contribution in [1.82, 2.24) is 30.4 Å². The van der Waals surface area contributed by atoms with Crippen molar-refractivity contribution in [2.75, 3.05) is 19.0 Å². The van der Waals surface area contributed by atoms with E-state index in [1.165, 1.54) is 0 Å². The third-order valence-electron chi connectivity index (χ3n) is 5.12. The van der Waals surface area contributed by atoms with Gasteiger partial charge in [0, 0.05) is 11.1 Å². The third-order valence-corrected chi connectivity index (χ3v) is 5.12. The largest absolute Gasteiger partial charge is 0.497 e. The van der Waals surface area contributed by atoms with Gasteiger partial charge in [0.2, 0.25) is 5.95 Å². The summed E-state index contributed by atoms with van der Waals surface area (Å²) >= 11 is 0. The van der Waals surface area contributed by atoms with Crippen LogP contribution in [0.3, 0.4) is 0 Å². The maximum atomic E-state index is 12.7. The summed E-state index contributed by atoms with van der Waals surface area (Å²) in [5.41, 5.74) is 2.96. The molecule has 0 unspecified atom stereocenters. The minimum absolute atomic E-state index is 0.355. The SMILES string of the molecule is CCOc1ccc(-c2n[nH]c(=O)c3c2[C@H](c2cccc(OC)c2)n2nnnc2N3)cc1. The molecule has 0 spiro atoms. The number of hydrogen-bond donors (Lipinski definition) is 2. The molecule has 3 heterocycles. The summed E-state index contributed by atoms with van der Waals surface area (Å²) in [7, 11) is 1.61. The van der Waals surface area contributed by atoms with Crippen LogP contribution in [0.1, 0.15) is 24.1 Å². The van der Waals surface area contributed by atoms with E-state index >= 15 is 0 Å². The number of aromatic nitrogens is 6. The van der Waals surface area contributed by atoms with Crippen molar-refractivity contribution < 1.29 is 9.47 Å². The lowest BCUT2D eigenvalue weighted by Gasteiger charge is -2.28. The van der Waals surface area contributed by atoms with Crippen molar-refractivity contribution in [2.24, 2.45) is 0 Å². The minimum Gasteiger partial charge on any atom is -0.497 e. The lowest BCUT2D eigenvalue weighted by molar-refractivity contribution is 0.340. The molecule has 1 aliphatic heterocycles. The molecule has 156 valence electrons. The highest BCUT2D eigenvalue weighted by Crippen LogP contribution is 2.41. The topological polar surface area (TPSA) is 120 Å². The zero-order valence-corrected chi connectivity index (χ0v) is 16.9. The highest BCUT2D eigenvalue weighted by atomic mass is 16.5. The molecule has 2 aromatic heterocycles. The number of benzene rings is 2. The maximum Gasteiger partial charge on any atom is 0.288 e. The van der Waals surface area contributed by atoms with Crippen LogP contribution in [0, 0.1) is 0 Å². The Morgan fingerprint density at radius 1 is 1.13 bits per heavy atom. The van der Waals surface area contributed by atoms with Crippen LogP contribution in [0.15, 0.2) is 53.3 Å². The molecule has 10 nitrogen and oxygen atoms in total. The summed E-state index contributed by atoms with van der Waals surface area (Å²) in [5.74, 6) is 1.82. The molecular weight excluding hydrogens is 398 g/mol. The molecule has 0 fully saturated rings. The van der Waals surface area contributed by atoms with E-state index in [2.05, 4.69) is 31.0 Å². The first-order chi connectivity index (χ1) is 15.2. The summed E-state index contributed by atoms with van der Waals surface area (Å²) in [4.78, 5) is 12.7. The van der Waals surface area contributed by atoms with Crippen molar-refractivity contribution in [2.45, 2.75) is 13.0 Å². The van der Waals surface area contributed by atoms with Crippen LogP contribution in [0.5, 0.6) is 11.5 Å². The van der Waals surface area contributed by atoms with Crippen LogP contribution in [0.25, 0.3) is 11.3 Å². The molecule has 1 atom stereocenters. The van der Waals surface area contributed by atoms with Crippen molar-refractivity contribution in [3.8, 4) is 22.8 Å². The molecule has 5 rings (SSSR count). The van der Waals surface area contributed by atoms with Crippen LogP contribution < -0.4 is 20.3 Å². The number of H-pyrrole nitrogens is 1. The van der Waals surface area contributed by atoms with Gasteiger partial charge >= 0.3 is 0 Å². The summed E-state index contributed by atoms with van der Waals surface area (Å²) in [5, 5.41) is 22.0. The van der Waals surface area contributed by atoms with Gasteiger partial charge in [-0.05, 0) is 59.3 Å². The Labute approximate surface area is 176 Å².